The van der Waals surface area contributed by atoms with E-state index in [0.29, 0.717) is 23.9 Å². The monoisotopic (exact) mass is 368 g/mol. The van der Waals surface area contributed by atoms with Crippen LogP contribution >= 0.6 is 0 Å². The summed E-state index contributed by atoms with van der Waals surface area (Å²) in [7, 11) is 4.77. The molecule has 140 valence electrons. The van der Waals surface area contributed by atoms with Gasteiger partial charge in [0.2, 0.25) is 0 Å². The first kappa shape index (κ1) is 18.2. The summed E-state index contributed by atoms with van der Waals surface area (Å²) < 4.78 is 13.8. The average molecular weight is 368 g/mol. The average Bonchev–Trinajstić information content (AvgIpc) is 3.10. The van der Waals surface area contributed by atoms with Gasteiger partial charge >= 0.3 is 0 Å². The van der Waals surface area contributed by atoms with E-state index in [4.69, 9.17) is 9.47 Å². The molecule has 3 aromatic rings. The number of aryl methyl sites for hydroxylation is 1. The van der Waals surface area contributed by atoms with Crippen LogP contribution in [0.25, 0.3) is 0 Å². The van der Waals surface area contributed by atoms with E-state index in [0.717, 1.165) is 5.56 Å². The number of hydrogen-bond acceptors (Lipinski definition) is 5. The number of hydrogen-bond donors (Lipinski definition) is 1. The van der Waals surface area contributed by atoms with Gasteiger partial charge in [0.1, 0.15) is 5.82 Å². The van der Waals surface area contributed by atoms with E-state index in [1.54, 1.807) is 50.5 Å². The Bertz CT molecular complexity index is 1020. The fraction of sp³-hybridized carbons (Fsp3) is 0.211. The van der Waals surface area contributed by atoms with Crippen LogP contribution in [-0.2, 0) is 13.6 Å². The topological polar surface area (TPSA) is 87.4 Å². The predicted octanol–water partition coefficient (Wildman–Crippen LogP) is 1.90. The minimum Gasteiger partial charge on any atom is -0.493 e. The molecule has 2 aromatic heterocycles. The number of para-hydroxylation sites is 1. The molecule has 8 nitrogen and oxygen atoms in total. The first-order valence-corrected chi connectivity index (χ1v) is 8.23. The maximum atomic E-state index is 12.5. The highest BCUT2D eigenvalue weighted by Gasteiger charge is 2.14. The summed E-state index contributed by atoms with van der Waals surface area (Å²) in [5, 5.41) is 7.04. The quantitative estimate of drug-likeness (QED) is 0.718. The molecule has 2 heterocycles. The van der Waals surface area contributed by atoms with Crippen molar-refractivity contribution in [3.05, 3.63) is 70.3 Å². The summed E-state index contributed by atoms with van der Waals surface area (Å²) in [6.07, 6.45) is 3.14. The minimum absolute atomic E-state index is 0.253. The van der Waals surface area contributed by atoms with E-state index < -0.39 is 0 Å². The number of anilines is 1. The van der Waals surface area contributed by atoms with E-state index >= 15 is 0 Å². The van der Waals surface area contributed by atoms with Gasteiger partial charge in [-0.05, 0) is 12.1 Å². The van der Waals surface area contributed by atoms with Gasteiger partial charge in [-0.1, -0.05) is 12.1 Å². The Morgan fingerprint density at radius 2 is 2.00 bits per heavy atom. The second kappa shape index (κ2) is 7.77. The molecule has 1 N–H and O–H groups in total. The fourth-order valence-corrected chi connectivity index (χ4v) is 2.68. The van der Waals surface area contributed by atoms with Crippen LogP contribution in [0.1, 0.15) is 15.9 Å². The predicted molar refractivity (Wildman–Crippen MR) is 101 cm³/mol. The van der Waals surface area contributed by atoms with E-state index in [9.17, 15) is 9.59 Å². The first-order chi connectivity index (χ1) is 13.0. The van der Waals surface area contributed by atoms with Gasteiger partial charge in [0.25, 0.3) is 11.5 Å². The summed E-state index contributed by atoms with van der Waals surface area (Å²) in [4.78, 5) is 24.2. The van der Waals surface area contributed by atoms with Crippen molar-refractivity contribution in [2.75, 3.05) is 19.5 Å². The minimum atomic E-state index is -0.382. The number of rotatable bonds is 6. The standard InChI is InChI=1S/C19H20N4O4/c1-22-10-8-13(11-17(22)24)19(25)21-16-7-9-20-23(16)12-14-5-4-6-15(26-2)18(14)27-3/h4-11H,12H2,1-3H3,(H,21,25). The number of carbonyl (C=O) groups excluding carboxylic acids is 1. The number of benzene rings is 1. The molecule has 0 aliphatic carbocycles. The van der Waals surface area contributed by atoms with E-state index in [1.807, 2.05) is 18.2 Å². The summed E-state index contributed by atoms with van der Waals surface area (Å²) in [6.45, 7) is 0.375. The third-order valence-corrected chi connectivity index (χ3v) is 4.13. The number of aromatic nitrogens is 3. The van der Waals surface area contributed by atoms with Gasteiger partial charge < -0.3 is 19.4 Å². The molecule has 0 saturated carbocycles. The van der Waals surface area contributed by atoms with Crippen molar-refractivity contribution in [1.29, 1.82) is 0 Å². The summed E-state index contributed by atoms with van der Waals surface area (Å²) in [5.41, 5.74) is 0.881. The van der Waals surface area contributed by atoms with Crippen LogP contribution in [0.15, 0.2) is 53.6 Å². The number of nitrogens with zero attached hydrogens (tertiary/aromatic N) is 3. The van der Waals surface area contributed by atoms with E-state index in [-0.39, 0.29) is 17.0 Å². The number of methoxy groups -OCH3 is 2. The molecular formula is C19H20N4O4. The van der Waals surface area contributed by atoms with Gasteiger partial charge in [0.15, 0.2) is 11.5 Å². The zero-order valence-corrected chi connectivity index (χ0v) is 15.3. The molecule has 0 radical (unpaired) electrons. The third-order valence-electron chi connectivity index (χ3n) is 4.13. The normalized spacial score (nSPS) is 10.5. The molecule has 1 amide bonds. The van der Waals surface area contributed by atoms with Crippen LogP contribution < -0.4 is 20.3 Å². The Hall–Kier alpha value is -3.55. The zero-order chi connectivity index (χ0) is 19.4. The largest absolute Gasteiger partial charge is 0.493 e. The lowest BCUT2D eigenvalue weighted by molar-refractivity contribution is 0.102. The van der Waals surface area contributed by atoms with Crippen molar-refractivity contribution in [3.63, 3.8) is 0 Å². The Morgan fingerprint density at radius 1 is 1.19 bits per heavy atom. The molecule has 0 spiro atoms. The van der Waals surface area contributed by atoms with Gasteiger partial charge in [-0.15, -0.1) is 0 Å². The van der Waals surface area contributed by atoms with E-state index in [2.05, 4.69) is 10.4 Å². The Kier molecular flexibility index (Phi) is 5.25. The lowest BCUT2D eigenvalue weighted by Gasteiger charge is -2.14. The molecular weight excluding hydrogens is 348 g/mol. The highest BCUT2D eigenvalue weighted by atomic mass is 16.5. The molecule has 3 rings (SSSR count). The molecule has 8 heteroatoms. The molecule has 0 unspecified atom stereocenters. The van der Waals surface area contributed by atoms with Crippen LogP contribution in [0.4, 0.5) is 5.82 Å². The molecule has 0 bridgehead atoms. The van der Waals surface area contributed by atoms with Crippen molar-refractivity contribution in [2.24, 2.45) is 7.05 Å². The molecule has 27 heavy (non-hydrogen) atoms. The summed E-state index contributed by atoms with van der Waals surface area (Å²) in [6, 6.07) is 10.1. The Morgan fingerprint density at radius 3 is 2.70 bits per heavy atom. The van der Waals surface area contributed by atoms with Gasteiger partial charge in [0, 0.05) is 36.5 Å². The molecule has 0 saturated heterocycles. The van der Waals surface area contributed by atoms with Gasteiger partial charge in [-0.3, -0.25) is 9.59 Å². The zero-order valence-electron chi connectivity index (χ0n) is 15.3. The smallest absolute Gasteiger partial charge is 0.257 e. The third kappa shape index (κ3) is 3.84. The highest BCUT2D eigenvalue weighted by molar-refractivity contribution is 6.03. The Balaban J connectivity index is 1.83. The highest BCUT2D eigenvalue weighted by Crippen LogP contribution is 2.31. The molecule has 0 atom stereocenters. The number of ether oxygens (including phenoxy) is 2. The van der Waals surface area contributed by atoms with Crippen LogP contribution in [0.5, 0.6) is 11.5 Å². The van der Waals surface area contributed by atoms with Crippen molar-refractivity contribution in [3.8, 4) is 11.5 Å². The molecule has 0 aliphatic heterocycles. The first-order valence-electron chi connectivity index (χ1n) is 8.23. The number of amides is 1. The van der Waals surface area contributed by atoms with Gasteiger partial charge in [-0.25, -0.2) is 4.68 Å². The second-order valence-electron chi connectivity index (χ2n) is 5.85. The number of nitrogens with one attached hydrogen (secondary N) is 1. The van der Waals surface area contributed by atoms with Gasteiger partial charge in [-0.2, -0.15) is 5.10 Å². The van der Waals surface area contributed by atoms with Crippen LogP contribution in [0.3, 0.4) is 0 Å². The summed E-state index contributed by atoms with van der Waals surface area (Å²) in [5.74, 6) is 1.35. The summed E-state index contributed by atoms with van der Waals surface area (Å²) >= 11 is 0. The maximum absolute atomic E-state index is 12.5. The van der Waals surface area contributed by atoms with Crippen LogP contribution in [0, 0.1) is 0 Å². The second-order valence-corrected chi connectivity index (χ2v) is 5.85. The van der Waals surface area contributed by atoms with Crippen molar-refractivity contribution in [2.45, 2.75) is 6.54 Å². The SMILES string of the molecule is COc1cccc(Cn2nccc2NC(=O)c2ccn(C)c(=O)c2)c1OC. The maximum Gasteiger partial charge on any atom is 0.257 e. The van der Waals surface area contributed by atoms with Crippen LogP contribution in [-0.4, -0.2) is 34.5 Å². The van der Waals surface area contributed by atoms with Gasteiger partial charge in [0.05, 0.1) is 27.0 Å². The van der Waals surface area contributed by atoms with Crippen molar-refractivity contribution in [1.82, 2.24) is 14.3 Å². The lowest BCUT2D eigenvalue weighted by Crippen LogP contribution is -2.21. The number of pyridine rings is 1. The molecule has 0 aliphatic rings. The lowest BCUT2D eigenvalue weighted by atomic mass is 10.2. The molecule has 1 aromatic carbocycles. The van der Waals surface area contributed by atoms with Crippen LogP contribution in [0.2, 0.25) is 0 Å². The van der Waals surface area contributed by atoms with Crippen molar-refractivity contribution < 1.29 is 14.3 Å². The van der Waals surface area contributed by atoms with Crippen molar-refractivity contribution >= 4 is 11.7 Å². The fourth-order valence-electron chi connectivity index (χ4n) is 2.68. The molecule has 0 fully saturated rings. The Labute approximate surface area is 156 Å². The van der Waals surface area contributed by atoms with E-state index in [1.165, 1.54) is 10.6 Å². The number of carbonyl (C=O) groups is 1.